The molecule has 7 saturated heterocycles. The number of carbonyl (C=O) groups excluding carboxylic acids is 3. The van der Waals surface area contributed by atoms with Gasteiger partial charge in [0.05, 0.1) is 41.8 Å². The number of fused-ring (bicyclic) bond motifs is 3. The van der Waals surface area contributed by atoms with Crippen molar-refractivity contribution in [3.05, 3.63) is 196 Å². The smallest absolute Gasteiger partial charge is 0.308 e. The molecular formula is C110H135Br2FN16O19. The predicted molar refractivity (Wildman–Crippen MR) is 558 cm³/mol. The second kappa shape index (κ2) is 50.6. The number of aromatic nitrogens is 6. The van der Waals surface area contributed by atoms with Crippen LogP contribution in [0.5, 0.6) is 63.9 Å². The first-order valence-corrected chi connectivity index (χ1v) is 54.4. The van der Waals surface area contributed by atoms with Crippen molar-refractivity contribution in [2.24, 2.45) is 23.7 Å². The Morgan fingerprint density at radius 3 is 0.838 bits per heavy atom. The maximum Gasteiger partial charge on any atom is 0.308 e. The zero-order valence-electron chi connectivity index (χ0n) is 83.5. The van der Waals surface area contributed by atoms with Crippen LogP contribution < -0.4 is 87.7 Å². The van der Waals surface area contributed by atoms with Crippen LogP contribution in [0.4, 0.5) is 27.1 Å². The van der Waals surface area contributed by atoms with Gasteiger partial charge >= 0.3 is 5.97 Å². The van der Waals surface area contributed by atoms with Crippen molar-refractivity contribution >= 4 is 78.3 Å². The lowest BCUT2D eigenvalue weighted by Gasteiger charge is -2.30. The number of ether oxygens (including phenoxy) is 11. The number of amides is 3. The van der Waals surface area contributed by atoms with E-state index in [0.29, 0.717) is 185 Å². The summed E-state index contributed by atoms with van der Waals surface area (Å²) >= 11 is 6.43. The molecule has 3 amide bonds. The summed E-state index contributed by atoms with van der Waals surface area (Å²) in [4.78, 5) is 91.6. The number of hydrogen-bond acceptors (Lipinski definition) is 31. The summed E-state index contributed by atoms with van der Waals surface area (Å²) < 4.78 is 76.5. The third kappa shape index (κ3) is 30.3. The van der Waals surface area contributed by atoms with Gasteiger partial charge in [-0.3, -0.25) is 19.2 Å². The van der Waals surface area contributed by atoms with Crippen LogP contribution in [-0.2, 0) is 19.2 Å². The highest BCUT2D eigenvalue weighted by Crippen LogP contribution is 2.42. The maximum atomic E-state index is 13.4. The molecule has 12 fully saturated rings. The van der Waals surface area contributed by atoms with E-state index in [4.69, 9.17) is 57.2 Å². The molecule has 5 saturated carbocycles. The second-order valence-corrected chi connectivity index (χ2v) is 42.4. The van der Waals surface area contributed by atoms with Gasteiger partial charge in [0, 0.05) is 177 Å². The first kappa shape index (κ1) is 105. The number of hydrogen-bond donors (Lipinski definition) is 7. The van der Waals surface area contributed by atoms with E-state index in [9.17, 15) is 38.9 Å². The molecule has 6 aromatic heterocycles. The molecule has 148 heavy (non-hydrogen) atoms. The third-order valence-corrected chi connectivity index (χ3v) is 29.8. The van der Waals surface area contributed by atoms with E-state index < -0.39 is 48.4 Å². The summed E-state index contributed by atoms with van der Waals surface area (Å²) in [5.74, 6) is 5.45. The summed E-state index contributed by atoms with van der Waals surface area (Å²) in [5, 5.41) is 52.8. The number of halogens is 3. The molecule has 24 rings (SSSR count). The number of carboxylic acid groups (broad SMARTS) is 1. The molecule has 9 aromatic rings. The largest absolute Gasteiger partial charge is 0.486 e. The number of aliphatic hydroxyl groups is 3. The standard InChI is InChI=1S/3C28H36N4O5.C13H16N2O3.C8H8BrNO.C5H3BrFN/c3*33-27(19-3-6-24-25(15-19)36-14-13-35-24)23(18-31-10-1-2-11-31)30-28(34)20-8-12-32(17-20)21-7-9-29-26(16-21)37-22-4-5-22;16-13(17)9-4-6-15(8-9)10-3-5-14-12(7-10)18-11-1-2-11;9-6-3-4-10-8(5-6)11-7-1-2-7;6-4-1-2-8-5(7)3-4/h3*3,6-7,9,15-16,20,22-23,27,33H,1-2,4-5,8,10-14,17-18H2,(H,30,34);3,5,7,9,11H,1-2,4,6,8H2,(H,16,17);3-5,7H,1-2H2;1-3H/t20?,23-,27-;20-,23+,27+;20-,23-,27-;;;/m101.../s1. The van der Waals surface area contributed by atoms with Crippen molar-refractivity contribution in [1.29, 1.82) is 0 Å². The Balaban J connectivity index is 0.000000119. The number of aliphatic carboxylic acids is 1. The first-order valence-electron chi connectivity index (χ1n) is 52.8. The van der Waals surface area contributed by atoms with Crippen LogP contribution in [0.15, 0.2) is 174 Å². The average molecular weight is 2160 g/mol. The number of nitrogens with zero attached hydrogens (tertiary/aromatic N) is 13. The lowest BCUT2D eigenvalue weighted by atomic mass is 9.99. The Labute approximate surface area is 879 Å². The molecule has 10 atom stereocenters. The molecule has 38 heteroatoms. The van der Waals surface area contributed by atoms with Gasteiger partial charge in [0.1, 0.15) is 88.5 Å². The van der Waals surface area contributed by atoms with Crippen LogP contribution in [0.25, 0.3) is 0 Å². The highest BCUT2D eigenvalue weighted by atomic mass is 79.9. The van der Waals surface area contributed by atoms with Crippen LogP contribution >= 0.6 is 31.9 Å². The summed E-state index contributed by atoms with van der Waals surface area (Å²) in [5.41, 5.74) is 6.28. The predicted octanol–water partition coefficient (Wildman–Crippen LogP) is 13.5. The quantitative estimate of drug-likeness (QED) is 0.0188. The highest BCUT2D eigenvalue weighted by molar-refractivity contribution is 9.10. The molecule has 0 spiro atoms. The van der Waals surface area contributed by atoms with Gasteiger partial charge in [0.15, 0.2) is 34.5 Å². The van der Waals surface area contributed by atoms with Crippen molar-refractivity contribution in [2.75, 3.05) is 171 Å². The molecule has 10 aliphatic heterocycles. The van der Waals surface area contributed by atoms with Crippen molar-refractivity contribution in [1.82, 2.24) is 60.6 Å². The Morgan fingerprint density at radius 1 is 0.324 bits per heavy atom. The van der Waals surface area contributed by atoms with E-state index in [1.54, 1.807) is 37.1 Å². The molecular weight excluding hydrogens is 2030 g/mol. The molecule has 35 nitrogen and oxygen atoms in total. The number of pyridine rings is 6. The van der Waals surface area contributed by atoms with Crippen LogP contribution in [0, 0.1) is 29.6 Å². The molecule has 15 aliphatic rings. The number of carboxylic acids is 1. The fraction of sp³-hybridized carbons (Fsp3) is 0.527. The maximum absolute atomic E-state index is 13.4. The van der Waals surface area contributed by atoms with Gasteiger partial charge in [-0.25, -0.2) is 29.9 Å². The number of benzene rings is 3. The van der Waals surface area contributed by atoms with Crippen molar-refractivity contribution in [2.45, 2.75) is 195 Å². The number of rotatable bonds is 33. The molecule has 2 unspecified atom stereocenters. The van der Waals surface area contributed by atoms with Gasteiger partial charge in [0.25, 0.3) is 0 Å². The molecule has 790 valence electrons. The van der Waals surface area contributed by atoms with Gasteiger partial charge in [-0.15, -0.1) is 0 Å². The van der Waals surface area contributed by atoms with Crippen molar-refractivity contribution in [3.8, 4) is 63.9 Å². The van der Waals surface area contributed by atoms with E-state index in [0.717, 1.165) is 224 Å². The minimum Gasteiger partial charge on any atom is -0.486 e. The fourth-order valence-electron chi connectivity index (χ4n) is 19.8. The minimum atomic E-state index is -0.847. The Bertz CT molecular complexity index is 5490. The molecule has 5 aliphatic carbocycles. The van der Waals surface area contributed by atoms with Gasteiger partial charge in [0.2, 0.25) is 53.1 Å². The minimum absolute atomic E-state index is 0.00759. The molecule has 0 bridgehead atoms. The molecule has 3 aromatic carbocycles. The normalized spacial score (nSPS) is 21.8. The number of nitrogens with one attached hydrogen (secondary N) is 3. The number of aliphatic hydroxyl groups excluding tert-OH is 3. The first-order chi connectivity index (χ1) is 72.2. The fourth-order valence-corrected chi connectivity index (χ4v) is 20.4. The lowest BCUT2D eigenvalue weighted by Crippen LogP contribution is -2.48. The molecule has 16 heterocycles. The van der Waals surface area contributed by atoms with Crippen LogP contribution in [0.3, 0.4) is 0 Å². The third-order valence-electron chi connectivity index (χ3n) is 28.8. The number of anilines is 4. The van der Waals surface area contributed by atoms with E-state index in [-0.39, 0.29) is 41.4 Å². The SMILES string of the molecule is Brc1ccnc(OC2CC2)c1.Fc1cc(Br)ccn1.O=C(N[C@H](CN1CCCC1)[C@H](O)c1ccc2c(c1)OCCO2)C1CCN(c2ccnc(OC3CC3)c2)C1.O=C(N[C@H](CN1CCCC1)[C@H](O)c1ccc2c(c1)OCCO2)[C@@H]1CCN(c2ccnc(OC3CC3)c2)C1.O=C(N[C@H](CN1CCCC1)[C@H](O)c1ccc2c(c1)OCCO2)[C@H]1CCN(c2ccnc(OC3CC3)c2)C1.O=C(O)C1CCN(c2ccnc(OC3CC3)c2)C1. The molecule has 7 N–H and O–H groups in total. The Morgan fingerprint density at radius 2 is 0.581 bits per heavy atom. The summed E-state index contributed by atoms with van der Waals surface area (Å²) in [6, 6.07) is 37.8. The van der Waals surface area contributed by atoms with E-state index >= 15 is 0 Å². The Hall–Kier alpha value is -11.9. The van der Waals surface area contributed by atoms with E-state index in [1.165, 1.54) is 25.1 Å². The van der Waals surface area contributed by atoms with Gasteiger partial charge in [-0.05, 0) is 257 Å². The zero-order chi connectivity index (χ0) is 102. The second-order valence-electron chi connectivity index (χ2n) is 40.6. The van der Waals surface area contributed by atoms with E-state index in [2.05, 4.69) is 112 Å². The van der Waals surface area contributed by atoms with Gasteiger partial charge < -0.3 is 123 Å². The van der Waals surface area contributed by atoms with Crippen LogP contribution in [0.1, 0.15) is 163 Å². The summed E-state index contributed by atoms with van der Waals surface area (Å²) in [7, 11) is 0. The van der Waals surface area contributed by atoms with Crippen molar-refractivity contribution in [3.63, 3.8) is 0 Å². The van der Waals surface area contributed by atoms with Crippen LogP contribution in [-0.4, -0.2) is 288 Å². The topological polar surface area (TPSA) is 387 Å². The van der Waals surface area contributed by atoms with Crippen molar-refractivity contribution < 1.29 is 96.1 Å². The zero-order valence-corrected chi connectivity index (χ0v) is 86.7. The average Bonchev–Trinajstić information content (AvgIpc) is 1.56. The number of likely N-dealkylation sites (tertiary alicyclic amines) is 3. The molecule has 0 radical (unpaired) electrons. The Kier molecular flexibility index (Phi) is 35.8. The summed E-state index contributed by atoms with van der Waals surface area (Å²) in [6.45, 7) is 16.5. The summed E-state index contributed by atoms with van der Waals surface area (Å²) in [6.07, 6.45) is 30.3. The highest BCUT2D eigenvalue weighted by Gasteiger charge is 2.41. The lowest BCUT2D eigenvalue weighted by molar-refractivity contribution is -0.141. The van der Waals surface area contributed by atoms with E-state index in [1.807, 2.05) is 115 Å². The van der Waals surface area contributed by atoms with Gasteiger partial charge in [-0.2, -0.15) is 4.39 Å². The van der Waals surface area contributed by atoms with Crippen LogP contribution in [0.2, 0.25) is 0 Å². The monoisotopic (exact) mass is 2160 g/mol. The number of carbonyl (C=O) groups is 4. The van der Waals surface area contributed by atoms with Gasteiger partial charge in [-0.1, -0.05) is 50.1 Å².